The zero-order valence-corrected chi connectivity index (χ0v) is 10.2. The van der Waals surface area contributed by atoms with Crippen LogP contribution in [0.1, 0.15) is 5.69 Å². The van der Waals surface area contributed by atoms with Gasteiger partial charge in [-0.3, -0.25) is 0 Å². The van der Waals surface area contributed by atoms with Crippen molar-refractivity contribution < 1.29 is 5.11 Å². The Bertz CT molecular complexity index is 494. The maximum absolute atomic E-state index is 9.00. The van der Waals surface area contributed by atoms with Gasteiger partial charge >= 0.3 is 0 Å². The lowest BCUT2D eigenvalue weighted by Crippen LogP contribution is -2.23. The number of imidazole rings is 1. The van der Waals surface area contributed by atoms with Gasteiger partial charge in [-0.05, 0) is 19.2 Å². The van der Waals surface area contributed by atoms with Gasteiger partial charge in [-0.25, -0.2) is 4.98 Å². The average Bonchev–Trinajstić information content (AvgIpc) is 2.70. The van der Waals surface area contributed by atoms with Gasteiger partial charge in [-0.1, -0.05) is 6.07 Å². The second-order valence-electron chi connectivity index (χ2n) is 3.99. The third kappa shape index (κ3) is 2.25. The Hall–Kier alpha value is -1.59. The highest BCUT2D eigenvalue weighted by Gasteiger charge is 2.14. The summed E-state index contributed by atoms with van der Waals surface area (Å²) < 4.78 is 2.07. The second-order valence-corrected chi connectivity index (χ2v) is 3.99. The molecule has 92 valence electrons. The molecule has 0 amide bonds. The highest BCUT2D eigenvalue weighted by Crippen LogP contribution is 2.20. The minimum atomic E-state index is 0.128. The SMILES string of the molecule is CNCc1c(N(C)CCO)nc2ccccn12. The average molecular weight is 234 g/mol. The number of rotatable bonds is 5. The first kappa shape index (κ1) is 11.9. The molecule has 2 N–H and O–H groups in total. The summed E-state index contributed by atoms with van der Waals surface area (Å²) in [4.78, 5) is 6.56. The van der Waals surface area contributed by atoms with E-state index in [9.17, 15) is 0 Å². The minimum Gasteiger partial charge on any atom is -0.395 e. The lowest BCUT2D eigenvalue weighted by molar-refractivity contribution is 0.304. The Kier molecular flexibility index (Phi) is 3.61. The molecule has 0 fully saturated rings. The van der Waals surface area contributed by atoms with E-state index in [2.05, 4.69) is 14.7 Å². The van der Waals surface area contributed by atoms with Crippen molar-refractivity contribution in [2.24, 2.45) is 0 Å². The molecular weight excluding hydrogens is 216 g/mol. The molecule has 0 aliphatic heterocycles. The number of nitrogens with zero attached hydrogens (tertiary/aromatic N) is 3. The Labute approximate surface area is 101 Å². The lowest BCUT2D eigenvalue weighted by Gasteiger charge is -2.16. The van der Waals surface area contributed by atoms with Crippen LogP contribution in [0.5, 0.6) is 0 Å². The number of likely N-dealkylation sites (N-methyl/N-ethyl adjacent to an activating group) is 1. The van der Waals surface area contributed by atoms with Crippen LogP contribution in [0.15, 0.2) is 24.4 Å². The molecule has 2 rings (SSSR count). The van der Waals surface area contributed by atoms with E-state index in [0.717, 1.165) is 23.7 Å². The van der Waals surface area contributed by atoms with Crippen LogP contribution in [-0.4, -0.2) is 41.7 Å². The summed E-state index contributed by atoms with van der Waals surface area (Å²) in [5, 5.41) is 12.2. The van der Waals surface area contributed by atoms with Crippen LogP contribution < -0.4 is 10.2 Å². The first-order valence-electron chi connectivity index (χ1n) is 5.70. The van der Waals surface area contributed by atoms with Crippen LogP contribution in [0.3, 0.4) is 0 Å². The number of fused-ring (bicyclic) bond motifs is 1. The van der Waals surface area contributed by atoms with E-state index >= 15 is 0 Å². The van der Waals surface area contributed by atoms with Crippen LogP contribution >= 0.6 is 0 Å². The van der Waals surface area contributed by atoms with Gasteiger partial charge in [0, 0.05) is 26.3 Å². The Morgan fingerprint density at radius 3 is 3.00 bits per heavy atom. The summed E-state index contributed by atoms with van der Waals surface area (Å²) >= 11 is 0. The van der Waals surface area contributed by atoms with Crippen molar-refractivity contribution in [2.75, 3.05) is 32.1 Å². The predicted octanol–water partition coefficient (Wildman–Crippen LogP) is 0.482. The van der Waals surface area contributed by atoms with Crippen LogP contribution in [0.2, 0.25) is 0 Å². The van der Waals surface area contributed by atoms with Gasteiger partial charge in [0.15, 0.2) is 5.82 Å². The molecule has 0 saturated carbocycles. The van der Waals surface area contributed by atoms with Gasteiger partial charge in [0.25, 0.3) is 0 Å². The molecule has 5 heteroatoms. The molecule has 2 heterocycles. The molecule has 0 bridgehead atoms. The van der Waals surface area contributed by atoms with Gasteiger partial charge in [0.05, 0.1) is 12.3 Å². The maximum Gasteiger partial charge on any atom is 0.152 e. The van der Waals surface area contributed by atoms with E-state index in [1.54, 1.807) is 0 Å². The van der Waals surface area contributed by atoms with E-state index < -0.39 is 0 Å². The van der Waals surface area contributed by atoms with Crippen LogP contribution in [0.25, 0.3) is 5.65 Å². The summed E-state index contributed by atoms with van der Waals surface area (Å²) in [5.74, 6) is 0.916. The van der Waals surface area contributed by atoms with E-state index in [1.807, 2.05) is 43.4 Å². The number of aliphatic hydroxyl groups excluding tert-OH is 1. The number of nitrogens with one attached hydrogen (secondary N) is 1. The largest absolute Gasteiger partial charge is 0.395 e. The smallest absolute Gasteiger partial charge is 0.152 e. The predicted molar refractivity (Wildman–Crippen MR) is 68.3 cm³/mol. The molecule has 0 spiro atoms. The van der Waals surface area contributed by atoms with Gasteiger partial charge in [0.1, 0.15) is 5.65 Å². The Morgan fingerprint density at radius 2 is 2.29 bits per heavy atom. The fourth-order valence-electron chi connectivity index (χ4n) is 1.93. The molecular formula is C12H18N4O. The number of aromatic nitrogens is 2. The topological polar surface area (TPSA) is 52.8 Å². The van der Waals surface area contributed by atoms with Crippen molar-refractivity contribution in [1.82, 2.24) is 14.7 Å². The van der Waals surface area contributed by atoms with Crippen molar-refractivity contribution in [2.45, 2.75) is 6.54 Å². The summed E-state index contributed by atoms with van der Waals surface area (Å²) in [6, 6.07) is 5.94. The van der Waals surface area contributed by atoms with Gasteiger partial charge in [-0.2, -0.15) is 0 Å². The Balaban J connectivity index is 2.49. The standard InChI is InChI=1S/C12H18N4O/c1-13-9-10-12(15(2)7-8-17)14-11-5-3-4-6-16(10)11/h3-6,13,17H,7-9H2,1-2H3. The fraction of sp³-hybridized carbons (Fsp3) is 0.417. The van der Waals surface area contributed by atoms with Gasteiger partial charge < -0.3 is 19.7 Å². The summed E-state index contributed by atoms with van der Waals surface area (Å²) in [7, 11) is 3.86. The molecule has 0 atom stereocenters. The van der Waals surface area contributed by atoms with Crippen molar-refractivity contribution in [1.29, 1.82) is 0 Å². The maximum atomic E-state index is 9.00. The van der Waals surface area contributed by atoms with E-state index in [1.165, 1.54) is 0 Å². The first-order valence-corrected chi connectivity index (χ1v) is 5.70. The van der Waals surface area contributed by atoms with Gasteiger partial charge in [0.2, 0.25) is 0 Å². The lowest BCUT2D eigenvalue weighted by atomic mass is 10.3. The van der Waals surface area contributed by atoms with Crippen molar-refractivity contribution in [3.8, 4) is 0 Å². The molecule has 0 radical (unpaired) electrons. The van der Waals surface area contributed by atoms with Crippen molar-refractivity contribution in [3.63, 3.8) is 0 Å². The molecule has 0 unspecified atom stereocenters. The first-order chi connectivity index (χ1) is 8.27. The minimum absolute atomic E-state index is 0.128. The molecule has 0 aromatic carbocycles. The number of hydrogen-bond donors (Lipinski definition) is 2. The zero-order chi connectivity index (χ0) is 12.3. The molecule has 17 heavy (non-hydrogen) atoms. The third-order valence-electron chi connectivity index (χ3n) is 2.75. The summed E-state index contributed by atoms with van der Waals surface area (Å²) in [6.45, 7) is 1.46. The monoisotopic (exact) mass is 234 g/mol. The second kappa shape index (κ2) is 5.16. The Morgan fingerprint density at radius 1 is 1.47 bits per heavy atom. The van der Waals surface area contributed by atoms with E-state index in [0.29, 0.717) is 6.54 Å². The number of anilines is 1. The zero-order valence-electron chi connectivity index (χ0n) is 10.2. The number of hydrogen-bond acceptors (Lipinski definition) is 4. The highest BCUT2D eigenvalue weighted by molar-refractivity contribution is 5.55. The summed E-state index contributed by atoms with van der Waals surface area (Å²) in [6.07, 6.45) is 2.01. The van der Waals surface area contributed by atoms with E-state index in [-0.39, 0.29) is 6.61 Å². The van der Waals surface area contributed by atoms with E-state index in [4.69, 9.17) is 5.11 Å². The quantitative estimate of drug-likeness (QED) is 0.790. The number of aliphatic hydroxyl groups is 1. The van der Waals surface area contributed by atoms with Crippen molar-refractivity contribution >= 4 is 11.5 Å². The molecule has 0 saturated heterocycles. The molecule has 0 aliphatic rings. The van der Waals surface area contributed by atoms with Crippen LogP contribution in [0, 0.1) is 0 Å². The highest BCUT2D eigenvalue weighted by atomic mass is 16.3. The summed E-state index contributed by atoms with van der Waals surface area (Å²) in [5.41, 5.74) is 2.04. The van der Waals surface area contributed by atoms with Crippen LogP contribution in [-0.2, 0) is 6.54 Å². The van der Waals surface area contributed by atoms with Crippen molar-refractivity contribution in [3.05, 3.63) is 30.1 Å². The normalized spacial score (nSPS) is 11.0. The third-order valence-corrected chi connectivity index (χ3v) is 2.75. The number of pyridine rings is 1. The van der Waals surface area contributed by atoms with Crippen LogP contribution in [0.4, 0.5) is 5.82 Å². The molecule has 0 aliphatic carbocycles. The van der Waals surface area contributed by atoms with Gasteiger partial charge in [-0.15, -0.1) is 0 Å². The molecule has 2 aromatic heterocycles. The molecule has 5 nitrogen and oxygen atoms in total. The molecule has 2 aromatic rings. The fourth-order valence-corrected chi connectivity index (χ4v) is 1.93.